The Morgan fingerprint density at radius 3 is 2.53 bits per heavy atom. The first-order valence-corrected chi connectivity index (χ1v) is 4.91. The van der Waals surface area contributed by atoms with Gasteiger partial charge in [-0.05, 0) is 29.8 Å². The van der Waals surface area contributed by atoms with Gasteiger partial charge in [0.05, 0.1) is 6.21 Å². The predicted octanol–water partition coefficient (Wildman–Crippen LogP) is 1.09. The molecule has 0 bridgehead atoms. The Bertz CT molecular complexity index is 517. The van der Waals surface area contributed by atoms with Gasteiger partial charge in [0.25, 0.3) is 0 Å². The van der Waals surface area contributed by atoms with Gasteiger partial charge < -0.3 is 4.74 Å². The van der Waals surface area contributed by atoms with E-state index in [1.165, 1.54) is 24.3 Å². The maximum atomic E-state index is 10.7. The molecule has 0 atom stereocenters. The van der Waals surface area contributed by atoms with Crippen LogP contribution in [0.1, 0.15) is 12.5 Å². The van der Waals surface area contributed by atoms with Crippen LogP contribution in [0, 0.1) is 0 Å². The molecule has 0 saturated heterocycles. The number of carbonyl (C=O) groups excluding carboxylic acids is 1. The van der Waals surface area contributed by atoms with Gasteiger partial charge in [-0.1, -0.05) is 0 Å². The maximum absolute atomic E-state index is 10.7. The second kappa shape index (κ2) is 5.02. The van der Waals surface area contributed by atoms with Crippen LogP contribution < -0.4 is 4.74 Å². The molecule has 1 heterocycles. The molecule has 1 aromatic carbocycles. The number of hydrogen-bond acceptors (Lipinski definition) is 5. The summed E-state index contributed by atoms with van der Waals surface area (Å²) < 4.78 is 6.40. The Kier molecular flexibility index (Phi) is 3.25. The first-order valence-electron chi connectivity index (χ1n) is 4.91. The minimum Gasteiger partial charge on any atom is -0.427 e. The third-order valence-corrected chi connectivity index (χ3v) is 1.89. The molecule has 0 aliphatic rings. The summed E-state index contributed by atoms with van der Waals surface area (Å²) >= 11 is 0. The molecule has 0 N–H and O–H groups in total. The summed E-state index contributed by atoms with van der Waals surface area (Å²) in [6.45, 7) is 1.36. The highest BCUT2D eigenvalue weighted by molar-refractivity contribution is 5.79. The van der Waals surface area contributed by atoms with Crippen molar-refractivity contribution in [3.63, 3.8) is 0 Å². The van der Waals surface area contributed by atoms with Crippen molar-refractivity contribution < 1.29 is 9.53 Å². The molecule has 0 aliphatic carbocycles. The highest BCUT2D eigenvalue weighted by Crippen LogP contribution is 2.11. The largest absolute Gasteiger partial charge is 0.427 e. The Morgan fingerprint density at radius 1 is 1.29 bits per heavy atom. The van der Waals surface area contributed by atoms with E-state index in [9.17, 15) is 4.79 Å². The van der Waals surface area contributed by atoms with Crippen LogP contribution in [-0.4, -0.2) is 27.1 Å². The zero-order chi connectivity index (χ0) is 12.1. The molecule has 0 spiro atoms. The SMILES string of the molecule is CC(=O)Oc1ccc(/C=N\n2cnnc2)cc1. The highest BCUT2D eigenvalue weighted by Gasteiger charge is 1.96. The fourth-order valence-corrected chi connectivity index (χ4v) is 1.18. The molecule has 0 saturated carbocycles. The Balaban J connectivity index is 2.05. The van der Waals surface area contributed by atoms with Gasteiger partial charge in [0.15, 0.2) is 0 Å². The molecule has 0 radical (unpaired) electrons. The van der Waals surface area contributed by atoms with Crippen molar-refractivity contribution in [3.05, 3.63) is 42.5 Å². The Labute approximate surface area is 97.6 Å². The minimum atomic E-state index is -0.337. The topological polar surface area (TPSA) is 69.4 Å². The third kappa shape index (κ3) is 3.23. The van der Waals surface area contributed by atoms with Gasteiger partial charge in [-0.15, -0.1) is 10.2 Å². The van der Waals surface area contributed by atoms with E-state index in [1.807, 2.05) is 0 Å². The van der Waals surface area contributed by atoms with Crippen molar-refractivity contribution in [2.24, 2.45) is 5.10 Å². The third-order valence-electron chi connectivity index (χ3n) is 1.89. The van der Waals surface area contributed by atoms with Crippen molar-refractivity contribution in [3.8, 4) is 5.75 Å². The molecular weight excluding hydrogens is 220 g/mol. The van der Waals surface area contributed by atoms with Gasteiger partial charge in [0, 0.05) is 6.92 Å². The summed E-state index contributed by atoms with van der Waals surface area (Å²) in [5, 5.41) is 11.3. The number of aromatic nitrogens is 3. The van der Waals surface area contributed by atoms with Crippen molar-refractivity contribution in [2.75, 3.05) is 0 Å². The van der Waals surface area contributed by atoms with Gasteiger partial charge in [0.1, 0.15) is 18.4 Å². The molecule has 6 nitrogen and oxygen atoms in total. The standard InChI is InChI=1S/C11H10N4O2/c1-9(16)17-11-4-2-10(3-5-11)6-14-15-7-12-13-8-15/h2-8H,1H3/b14-6-. The highest BCUT2D eigenvalue weighted by atomic mass is 16.5. The van der Waals surface area contributed by atoms with Crippen molar-refractivity contribution in [2.45, 2.75) is 6.92 Å². The fraction of sp³-hybridized carbons (Fsp3) is 0.0909. The van der Waals surface area contributed by atoms with Crippen LogP contribution in [-0.2, 0) is 4.79 Å². The van der Waals surface area contributed by atoms with Gasteiger partial charge in [0.2, 0.25) is 0 Å². The minimum absolute atomic E-state index is 0.337. The summed E-state index contributed by atoms with van der Waals surface area (Å²) in [5.41, 5.74) is 0.884. The Morgan fingerprint density at radius 2 is 1.94 bits per heavy atom. The first kappa shape index (κ1) is 11.0. The van der Waals surface area contributed by atoms with Gasteiger partial charge in [-0.3, -0.25) is 4.79 Å². The number of hydrogen-bond donors (Lipinski definition) is 0. The lowest BCUT2D eigenvalue weighted by atomic mass is 10.2. The average molecular weight is 230 g/mol. The number of nitrogens with zero attached hydrogens (tertiary/aromatic N) is 4. The van der Waals surface area contributed by atoms with E-state index in [-0.39, 0.29) is 5.97 Å². The van der Waals surface area contributed by atoms with E-state index < -0.39 is 0 Å². The zero-order valence-corrected chi connectivity index (χ0v) is 9.15. The van der Waals surface area contributed by atoms with Crippen LogP contribution >= 0.6 is 0 Å². The Hall–Kier alpha value is -2.50. The number of rotatable bonds is 3. The number of carbonyl (C=O) groups is 1. The van der Waals surface area contributed by atoms with Crippen LogP contribution in [0.3, 0.4) is 0 Å². The first-order chi connectivity index (χ1) is 8.24. The normalized spacial score (nSPS) is 10.6. The molecular formula is C11H10N4O2. The fourth-order valence-electron chi connectivity index (χ4n) is 1.18. The zero-order valence-electron chi connectivity index (χ0n) is 9.15. The van der Waals surface area contributed by atoms with Crippen molar-refractivity contribution >= 4 is 12.2 Å². The van der Waals surface area contributed by atoms with Crippen molar-refractivity contribution in [1.82, 2.24) is 14.9 Å². The van der Waals surface area contributed by atoms with E-state index in [4.69, 9.17) is 4.74 Å². The molecule has 0 amide bonds. The van der Waals surface area contributed by atoms with Gasteiger partial charge in [-0.2, -0.15) is 5.10 Å². The molecule has 0 aliphatic heterocycles. The van der Waals surface area contributed by atoms with Gasteiger partial charge >= 0.3 is 5.97 Å². The lowest BCUT2D eigenvalue weighted by Gasteiger charge is -2.00. The van der Waals surface area contributed by atoms with E-state index >= 15 is 0 Å². The molecule has 6 heteroatoms. The quantitative estimate of drug-likeness (QED) is 0.449. The lowest BCUT2D eigenvalue weighted by Crippen LogP contribution is -2.01. The van der Waals surface area contributed by atoms with Crippen molar-refractivity contribution in [1.29, 1.82) is 0 Å². The summed E-state index contributed by atoms with van der Waals surface area (Å²) in [6.07, 6.45) is 4.63. The number of ether oxygens (including phenoxy) is 1. The van der Waals surface area contributed by atoms with E-state index in [2.05, 4.69) is 15.3 Å². The molecule has 0 fully saturated rings. The van der Waals surface area contributed by atoms with Crippen LogP contribution in [0.15, 0.2) is 42.0 Å². The van der Waals surface area contributed by atoms with E-state index in [0.29, 0.717) is 5.75 Å². The molecule has 2 rings (SSSR count). The maximum Gasteiger partial charge on any atom is 0.308 e. The average Bonchev–Trinajstić information content (AvgIpc) is 2.80. The number of esters is 1. The van der Waals surface area contributed by atoms with Gasteiger partial charge in [-0.25, -0.2) is 4.68 Å². The molecule has 2 aromatic rings. The second-order valence-electron chi connectivity index (χ2n) is 3.25. The van der Waals surface area contributed by atoms with Crippen LogP contribution in [0.2, 0.25) is 0 Å². The molecule has 1 aromatic heterocycles. The van der Waals surface area contributed by atoms with E-state index in [0.717, 1.165) is 5.56 Å². The second-order valence-corrected chi connectivity index (χ2v) is 3.25. The lowest BCUT2D eigenvalue weighted by molar-refractivity contribution is -0.131. The smallest absolute Gasteiger partial charge is 0.308 e. The van der Waals surface area contributed by atoms with E-state index in [1.54, 1.807) is 30.5 Å². The molecule has 17 heavy (non-hydrogen) atoms. The summed E-state index contributed by atoms with van der Waals surface area (Å²) in [4.78, 5) is 10.7. The monoisotopic (exact) mass is 230 g/mol. The predicted molar refractivity (Wildman–Crippen MR) is 60.8 cm³/mol. The van der Waals surface area contributed by atoms with Crippen LogP contribution in [0.5, 0.6) is 5.75 Å². The summed E-state index contributed by atoms with van der Waals surface area (Å²) in [5.74, 6) is 0.176. The molecule has 86 valence electrons. The van der Waals surface area contributed by atoms with Crippen LogP contribution in [0.25, 0.3) is 0 Å². The summed E-state index contributed by atoms with van der Waals surface area (Å²) in [6, 6.07) is 7.00. The summed E-state index contributed by atoms with van der Waals surface area (Å²) in [7, 11) is 0. The molecule has 0 unspecified atom stereocenters. The van der Waals surface area contributed by atoms with Crippen LogP contribution in [0.4, 0.5) is 0 Å². The number of benzene rings is 1.